The molecule has 1 heterocycles. The molecule has 0 saturated carbocycles. The quantitative estimate of drug-likeness (QED) is 0.439. The zero-order valence-electron chi connectivity index (χ0n) is 8.29. The van der Waals surface area contributed by atoms with Gasteiger partial charge in [-0.25, -0.2) is 4.79 Å². The highest BCUT2D eigenvalue weighted by Gasteiger charge is 2.20. The molecule has 0 aromatic rings. The lowest BCUT2D eigenvalue weighted by Gasteiger charge is -2.13. The fourth-order valence-corrected chi connectivity index (χ4v) is 1.19. The van der Waals surface area contributed by atoms with E-state index in [2.05, 4.69) is 10.6 Å². The Hall–Kier alpha value is -0.850. The Bertz CT molecular complexity index is 177. The Morgan fingerprint density at radius 2 is 2.14 bits per heavy atom. The van der Waals surface area contributed by atoms with Crippen molar-refractivity contribution >= 4 is 6.09 Å². The Morgan fingerprint density at radius 1 is 1.36 bits per heavy atom. The van der Waals surface area contributed by atoms with E-state index in [1.54, 1.807) is 4.90 Å². The van der Waals surface area contributed by atoms with E-state index in [9.17, 15) is 4.79 Å². The van der Waals surface area contributed by atoms with Crippen molar-refractivity contribution in [1.82, 2.24) is 15.5 Å². The van der Waals surface area contributed by atoms with Crippen LogP contribution in [0.2, 0.25) is 0 Å². The number of carbonyl (C=O) groups excluding carboxylic acids is 1. The minimum absolute atomic E-state index is 0.229. The highest BCUT2D eigenvalue weighted by molar-refractivity contribution is 5.69. The van der Waals surface area contributed by atoms with Crippen molar-refractivity contribution in [2.75, 3.05) is 46.0 Å². The maximum atomic E-state index is 11.0. The Kier molecular flexibility index (Phi) is 5.28. The third-order valence-electron chi connectivity index (χ3n) is 1.95. The van der Waals surface area contributed by atoms with E-state index < -0.39 is 0 Å². The molecule has 0 aliphatic carbocycles. The minimum Gasteiger partial charge on any atom is -0.447 e. The van der Waals surface area contributed by atoms with Crippen LogP contribution in [0.25, 0.3) is 0 Å². The van der Waals surface area contributed by atoms with Gasteiger partial charge >= 0.3 is 6.09 Å². The van der Waals surface area contributed by atoms with Crippen molar-refractivity contribution in [1.29, 1.82) is 0 Å². The molecule has 6 nitrogen and oxygen atoms in total. The lowest BCUT2D eigenvalue weighted by Crippen LogP contribution is -2.38. The van der Waals surface area contributed by atoms with E-state index in [-0.39, 0.29) is 6.09 Å². The number of hydrogen-bond acceptors (Lipinski definition) is 5. The largest absolute Gasteiger partial charge is 0.447 e. The molecule has 1 fully saturated rings. The lowest BCUT2D eigenvalue weighted by atomic mass is 10.5. The average molecular weight is 202 g/mol. The standard InChI is InChI=1S/C8H18N4O2/c9-1-2-10-3-4-11-7-12-5-6-14-8(12)13/h10-11H,1-7,9H2. The molecular formula is C8H18N4O2. The van der Waals surface area contributed by atoms with Crippen LogP contribution in [0.3, 0.4) is 0 Å². The van der Waals surface area contributed by atoms with Crippen molar-refractivity contribution < 1.29 is 9.53 Å². The molecule has 1 amide bonds. The molecule has 0 radical (unpaired) electrons. The van der Waals surface area contributed by atoms with Gasteiger partial charge in [0.05, 0.1) is 13.2 Å². The predicted molar refractivity (Wildman–Crippen MR) is 52.8 cm³/mol. The summed E-state index contributed by atoms with van der Waals surface area (Å²) in [5.41, 5.74) is 5.31. The molecule has 0 atom stereocenters. The highest BCUT2D eigenvalue weighted by Crippen LogP contribution is 1.99. The number of cyclic esters (lactones) is 1. The summed E-state index contributed by atoms with van der Waals surface area (Å²) in [4.78, 5) is 12.6. The monoisotopic (exact) mass is 202 g/mol. The van der Waals surface area contributed by atoms with Crippen LogP contribution < -0.4 is 16.4 Å². The zero-order valence-corrected chi connectivity index (χ0v) is 8.29. The first-order chi connectivity index (χ1) is 6.84. The summed E-state index contributed by atoms with van der Waals surface area (Å²) in [6.45, 7) is 4.91. The second-order valence-electron chi connectivity index (χ2n) is 3.07. The van der Waals surface area contributed by atoms with Crippen molar-refractivity contribution in [3.63, 3.8) is 0 Å². The van der Waals surface area contributed by atoms with Gasteiger partial charge in [0.2, 0.25) is 0 Å². The molecule has 6 heteroatoms. The smallest absolute Gasteiger partial charge is 0.410 e. The Labute approximate surface area is 83.8 Å². The van der Waals surface area contributed by atoms with Gasteiger partial charge in [-0.15, -0.1) is 0 Å². The van der Waals surface area contributed by atoms with E-state index in [0.29, 0.717) is 26.4 Å². The highest BCUT2D eigenvalue weighted by atomic mass is 16.6. The van der Waals surface area contributed by atoms with Crippen molar-refractivity contribution in [2.45, 2.75) is 0 Å². The SMILES string of the molecule is NCCNCCNCN1CCOC1=O. The van der Waals surface area contributed by atoms with Gasteiger partial charge in [-0.05, 0) is 0 Å². The van der Waals surface area contributed by atoms with Gasteiger partial charge < -0.3 is 15.8 Å². The zero-order chi connectivity index (χ0) is 10.2. The van der Waals surface area contributed by atoms with Gasteiger partial charge in [0.25, 0.3) is 0 Å². The van der Waals surface area contributed by atoms with Gasteiger partial charge in [-0.3, -0.25) is 10.2 Å². The van der Waals surface area contributed by atoms with Gasteiger partial charge in [0.15, 0.2) is 0 Å². The topological polar surface area (TPSA) is 79.6 Å². The summed E-state index contributed by atoms with van der Waals surface area (Å²) in [6.07, 6.45) is -0.229. The maximum Gasteiger partial charge on any atom is 0.410 e. The van der Waals surface area contributed by atoms with Crippen LogP contribution in [0.5, 0.6) is 0 Å². The van der Waals surface area contributed by atoms with E-state index in [1.165, 1.54) is 0 Å². The van der Waals surface area contributed by atoms with Crippen LogP contribution in [-0.4, -0.2) is 57.0 Å². The Morgan fingerprint density at radius 3 is 2.79 bits per heavy atom. The second-order valence-corrected chi connectivity index (χ2v) is 3.07. The summed E-state index contributed by atoms with van der Waals surface area (Å²) in [5.74, 6) is 0. The molecule has 4 N–H and O–H groups in total. The molecule has 0 aromatic carbocycles. The number of nitrogens with one attached hydrogen (secondary N) is 2. The third kappa shape index (κ3) is 3.91. The number of rotatable bonds is 7. The number of nitrogens with zero attached hydrogens (tertiary/aromatic N) is 1. The molecule has 1 aliphatic rings. The molecule has 0 aromatic heterocycles. The molecule has 0 spiro atoms. The number of nitrogens with two attached hydrogens (primary N) is 1. The predicted octanol–water partition coefficient (Wildman–Crippen LogP) is -1.47. The minimum atomic E-state index is -0.229. The van der Waals surface area contributed by atoms with Crippen molar-refractivity contribution in [2.24, 2.45) is 5.73 Å². The van der Waals surface area contributed by atoms with E-state index in [1.807, 2.05) is 0 Å². The normalized spacial score (nSPS) is 16.1. The summed E-state index contributed by atoms with van der Waals surface area (Å²) in [5, 5.41) is 6.29. The molecule has 14 heavy (non-hydrogen) atoms. The Balaban J connectivity index is 1.90. The number of ether oxygens (including phenoxy) is 1. The van der Waals surface area contributed by atoms with Crippen LogP contribution in [0, 0.1) is 0 Å². The molecule has 82 valence electrons. The van der Waals surface area contributed by atoms with Crippen LogP contribution in [0.4, 0.5) is 4.79 Å². The molecule has 1 aliphatic heterocycles. The first-order valence-corrected chi connectivity index (χ1v) is 4.88. The summed E-state index contributed by atoms with van der Waals surface area (Å²) >= 11 is 0. The van der Waals surface area contributed by atoms with E-state index in [4.69, 9.17) is 10.5 Å². The van der Waals surface area contributed by atoms with Gasteiger partial charge in [0, 0.05) is 26.2 Å². The third-order valence-corrected chi connectivity index (χ3v) is 1.95. The lowest BCUT2D eigenvalue weighted by molar-refractivity contribution is 0.156. The number of carbonyl (C=O) groups is 1. The fourth-order valence-electron chi connectivity index (χ4n) is 1.19. The van der Waals surface area contributed by atoms with Gasteiger partial charge in [-0.1, -0.05) is 0 Å². The van der Waals surface area contributed by atoms with Gasteiger partial charge in [-0.2, -0.15) is 0 Å². The van der Waals surface area contributed by atoms with Crippen LogP contribution >= 0.6 is 0 Å². The van der Waals surface area contributed by atoms with E-state index in [0.717, 1.165) is 19.6 Å². The summed E-state index contributed by atoms with van der Waals surface area (Å²) in [7, 11) is 0. The summed E-state index contributed by atoms with van der Waals surface area (Å²) in [6, 6.07) is 0. The van der Waals surface area contributed by atoms with Crippen molar-refractivity contribution in [3.8, 4) is 0 Å². The van der Waals surface area contributed by atoms with Gasteiger partial charge in [0.1, 0.15) is 6.61 Å². The fraction of sp³-hybridized carbons (Fsp3) is 0.875. The number of hydrogen-bond donors (Lipinski definition) is 3. The molecule has 0 bridgehead atoms. The van der Waals surface area contributed by atoms with Crippen LogP contribution in [-0.2, 0) is 4.74 Å². The van der Waals surface area contributed by atoms with Crippen molar-refractivity contribution in [3.05, 3.63) is 0 Å². The molecule has 0 unspecified atom stereocenters. The average Bonchev–Trinajstić information content (AvgIpc) is 2.58. The summed E-state index contributed by atoms with van der Waals surface area (Å²) < 4.78 is 4.78. The number of amides is 1. The van der Waals surface area contributed by atoms with Crippen LogP contribution in [0.15, 0.2) is 0 Å². The first-order valence-electron chi connectivity index (χ1n) is 4.88. The molecular weight excluding hydrogens is 184 g/mol. The van der Waals surface area contributed by atoms with Crippen LogP contribution in [0.1, 0.15) is 0 Å². The second kappa shape index (κ2) is 6.58. The molecule has 1 rings (SSSR count). The molecule has 1 saturated heterocycles. The van der Waals surface area contributed by atoms with E-state index >= 15 is 0 Å². The maximum absolute atomic E-state index is 11.0. The first kappa shape index (κ1) is 11.2.